The minimum absolute atomic E-state index is 0.113. The molecule has 1 aliphatic rings. The van der Waals surface area contributed by atoms with E-state index >= 15 is 0 Å². The Labute approximate surface area is 169 Å². The molecule has 0 aromatic heterocycles. The Bertz CT molecular complexity index is 767. The van der Waals surface area contributed by atoms with Crippen molar-refractivity contribution in [2.24, 2.45) is 5.73 Å². The van der Waals surface area contributed by atoms with E-state index in [2.05, 4.69) is 16.0 Å². The Morgan fingerprint density at radius 3 is 2.45 bits per heavy atom. The van der Waals surface area contributed by atoms with Crippen LogP contribution in [-0.2, 0) is 20.8 Å². The average Bonchev–Trinajstić information content (AvgIpc) is 2.70. The number of hydrogen-bond acceptors (Lipinski definition) is 6. The first-order chi connectivity index (χ1) is 13.7. The minimum atomic E-state index is -1.25. The predicted molar refractivity (Wildman–Crippen MR) is 106 cm³/mol. The van der Waals surface area contributed by atoms with Crippen molar-refractivity contribution < 1.29 is 24.6 Å². The van der Waals surface area contributed by atoms with Crippen molar-refractivity contribution in [3.05, 3.63) is 47.5 Å². The number of likely N-dealkylation sites (N-methyl/N-ethyl adjacent to an activating group) is 1. The molecule has 0 saturated heterocycles. The minimum Gasteiger partial charge on any atom is -0.390 e. The van der Waals surface area contributed by atoms with Gasteiger partial charge in [-0.3, -0.25) is 14.4 Å². The predicted octanol–water partition coefficient (Wildman–Crippen LogP) is -1.66. The normalized spacial score (nSPS) is 23.4. The highest BCUT2D eigenvalue weighted by Crippen LogP contribution is 2.20. The van der Waals surface area contributed by atoms with Crippen LogP contribution >= 0.6 is 0 Å². The molecule has 0 saturated carbocycles. The van der Waals surface area contributed by atoms with Gasteiger partial charge in [-0.05, 0) is 19.5 Å². The molecule has 5 atom stereocenters. The molecule has 1 aromatic carbocycles. The van der Waals surface area contributed by atoms with Crippen LogP contribution in [0, 0.1) is 0 Å². The zero-order valence-electron chi connectivity index (χ0n) is 16.5. The second kappa shape index (κ2) is 10.1. The van der Waals surface area contributed by atoms with Crippen molar-refractivity contribution >= 4 is 17.7 Å². The second-order valence-corrected chi connectivity index (χ2v) is 7.12. The molecule has 0 bridgehead atoms. The molecule has 29 heavy (non-hydrogen) atoms. The molecule has 0 unspecified atom stereocenters. The summed E-state index contributed by atoms with van der Waals surface area (Å²) in [7, 11) is 1.61. The molecule has 7 N–H and O–H groups in total. The number of carbonyl (C=O) groups is 3. The smallest absolute Gasteiger partial charge is 0.247 e. The largest absolute Gasteiger partial charge is 0.390 e. The molecule has 1 aromatic rings. The Hall–Kier alpha value is -2.75. The fourth-order valence-corrected chi connectivity index (χ4v) is 3.01. The molecule has 0 spiro atoms. The van der Waals surface area contributed by atoms with E-state index in [0.717, 1.165) is 5.56 Å². The van der Waals surface area contributed by atoms with Crippen molar-refractivity contribution in [2.45, 2.75) is 50.1 Å². The zero-order chi connectivity index (χ0) is 21.6. The monoisotopic (exact) mass is 404 g/mol. The molecule has 0 heterocycles. The molecular weight excluding hydrogens is 376 g/mol. The molecule has 0 fully saturated rings. The van der Waals surface area contributed by atoms with E-state index < -0.39 is 42.1 Å². The summed E-state index contributed by atoms with van der Waals surface area (Å²) in [5, 5.41) is 28.2. The van der Waals surface area contributed by atoms with Crippen LogP contribution < -0.4 is 21.7 Å². The fraction of sp³-hybridized carbons (Fsp3) is 0.450. The van der Waals surface area contributed by atoms with Crippen molar-refractivity contribution in [2.75, 3.05) is 7.05 Å². The molecular formula is C20H28N4O5. The van der Waals surface area contributed by atoms with Gasteiger partial charge < -0.3 is 31.9 Å². The molecule has 1 aliphatic carbocycles. The lowest BCUT2D eigenvalue weighted by molar-refractivity contribution is -0.126. The lowest BCUT2D eigenvalue weighted by Gasteiger charge is -2.32. The highest BCUT2D eigenvalue weighted by Gasteiger charge is 2.35. The van der Waals surface area contributed by atoms with Gasteiger partial charge in [0.05, 0.1) is 18.2 Å². The Balaban J connectivity index is 2.12. The molecule has 158 valence electrons. The lowest BCUT2D eigenvalue weighted by atomic mass is 9.89. The van der Waals surface area contributed by atoms with Gasteiger partial charge in [-0.1, -0.05) is 36.4 Å². The topological polar surface area (TPSA) is 154 Å². The molecule has 2 rings (SSSR count). The Morgan fingerprint density at radius 1 is 1.21 bits per heavy atom. The van der Waals surface area contributed by atoms with Crippen molar-refractivity contribution in [3.63, 3.8) is 0 Å². The summed E-state index contributed by atoms with van der Waals surface area (Å²) in [6.45, 7) is 1.64. The van der Waals surface area contributed by atoms with Gasteiger partial charge in [0, 0.05) is 18.4 Å². The first-order valence-corrected chi connectivity index (χ1v) is 9.41. The molecule has 9 nitrogen and oxygen atoms in total. The van der Waals surface area contributed by atoms with Crippen LogP contribution in [0.4, 0.5) is 0 Å². The van der Waals surface area contributed by atoms with Gasteiger partial charge in [0.1, 0.15) is 12.1 Å². The van der Waals surface area contributed by atoms with Crippen LogP contribution in [-0.4, -0.2) is 65.3 Å². The fourth-order valence-electron chi connectivity index (χ4n) is 3.01. The van der Waals surface area contributed by atoms with Gasteiger partial charge in [-0.25, -0.2) is 0 Å². The number of benzene rings is 1. The van der Waals surface area contributed by atoms with Crippen LogP contribution in [0.1, 0.15) is 18.9 Å². The van der Waals surface area contributed by atoms with E-state index in [1.165, 1.54) is 6.08 Å². The van der Waals surface area contributed by atoms with Gasteiger partial charge in [0.25, 0.3) is 0 Å². The third-order valence-electron chi connectivity index (χ3n) is 4.93. The highest BCUT2D eigenvalue weighted by molar-refractivity contribution is 5.97. The summed E-state index contributed by atoms with van der Waals surface area (Å²) in [6.07, 6.45) is -0.987. The van der Waals surface area contributed by atoms with Crippen LogP contribution in [0.3, 0.4) is 0 Å². The van der Waals surface area contributed by atoms with E-state index in [4.69, 9.17) is 5.73 Å². The van der Waals surface area contributed by atoms with Gasteiger partial charge in [0.15, 0.2) is 0 Å². The average molecular weight is 404 g/mol. The first-order valence-electron chi connectivity index (χ1n) is 9.41. The lowest BCUT2D eigenvalue weighted by Crippen LogP contribution is -2.54. The van der Waals surface area contributed by atoms with Crippen LogP contribution in [0.2, 0.25) is 0 Å². The van der Waals surface area contributed by atoms with E-state index in [9.17, 15) is 24.6 Å². The molecule has 9 heteroatoms. The van der Waals surface area contributed by atoms with Gasteiger partial charge >= 0.3 is 0 Å². The van der Waals surface area contributed by atoms with E-state index in [0.29, 0.717) is 0 Å². The van der Waals surface area contributed by atoms with Crippen molar-refractivity contribution in [1.82, 2.24) is 16.0 Å². The maximum Gasteiger partial charge on any atom is 0.247 e. The maximum absolute atomic E-state index is 12.7. The number of nitrogens with one attached hydrogen (secondary N) is 3. The summed E-state index contributed by atoms with van der Waals surface area (Å²) < 4.78 is 0. The van der Waals surface area contributed by atoms with Gasteiger partial charge in [0.2, 0.25) is 17.7 Å². The SMILES string of the molecule is CN[C@@H](C)C(=O)N[C@@H]1C=C(C(=O)N[C@H](Cc2ccccc2)C(N)=O)C[C@@H](O)[C@@H]1O. The van der Waals surface area contributed by atoms with Crippen molar-refractivity contribution in [1.29, 1.82) is 0 Å². The number of carbonyl (C=O) groups excluding carboxylic acids is 3. The van der Waals surface area contributed by atoms with Gasteiger partial charge in [-0.2, -0.15) is 0 Å². The maximum atomic E-state index is 12.7. The summed E-state index contributed by atoms with van der Waals surface area (Å²) in [4.78, 5) is 36.5. The van der Waals surface area contributed by atoms with E-state index in [-0.39, 0.29) is 24.3 Å². The number of rotatable bonds is 8. The quantitative estimate of drug-likeness (QED) is 0.305. The van der Waals surface area contributed by atoms with Crippen LogP contribution in [0.15, 0.2) is 42.0 Å². The molecule has 0 aliphatic heterocycles. The van der Waals surface area contributed by atoms with E-state index in [1.807, 2.05) is 30.3 Å². The summed E-state index contributed by atoms with van der Waals surface area (Å²) in [5.41, 5.74) is 6.41. The number of amides is 3. The number of aliphatic hydroxyl groups excluding tert-OH is 2. The summed E-state index contributed by atoms with van der Waals surface area (Å²) in [6, 6.07) is 6.71. The van der Waals surface area contributed by atoms with E-state index in [1.54, 1.807) is 14.0 Å². The molecule has 3 amide bonds. The second-order valence-electron chi connectivity index (χ2n) is 7.12. The Morgan fingerprint density at radius 2 is 1.86 bits per heavy atom. The van der Waals surface area contributed by atoms with Crippen LogP contribution in [0.25, 0.3) is 0 Å². The summed E-state index contributed by atoms with van der Waals surface area (Å²) in [5.74, 6) is -1.66. The molecule has 0 radical (unpaired) electrons. The Kier molecular flexibility index (Phi) is 7.89. The number of hydrogen-bond donors (Lipinski definition) is 6. The third-order valence-corrected chi connectivity index (χ3v) is 4.93. The third kappa shape index (κ3) is 6.11. The summed E-state index contributed by atoms with van der Waals surface area (Å²) >= 11 is 0. The number of aliphatic hydroxyl groups is 2. The van der Waals surface area contributed by atoms with Crippen molar-refractivity contribution in [3.8, 4) is 0 Å². The highest BCUT2D eigenvalue weighted by atomic mass is 16.3. The number of primary amides is 1. The zero-order valence-corrected chi connectivity index (χ0v) is 16.5. The number of nitrogens with two attached hydrogens (primary N) is 1. The standard InChI is InChI=1S/C20H28N4O5/c1-11(22-2)19(28)23-14-9-13(10-16(25)17(14)26)20(29)24-15(18(21)27)8-12-6-4-3-5-7-12/h3-7,9,11,14-17,22,25-26H,8,10H2,1-2H3,(H2,21,27)(H,23,28)(H,24,29)/t11-,14+,15+,16+,17+/m0/s1. The van der Waals surface area contributed by atoms with Crippen LogP contribution in [0.5, 0.6) is 0 Å². The first kappa shape index (κ1) is 22.5. The van der Waals surface area contributed by atoms with Gasteiger partial charge in [-0.15, -0.1) is 0 Å².